The molecule has 6 heteroatoms. The summed E-state index contributed by atoms with van der Waals surface area (Å²) in [6.45, 7) is 0. The van der Waals surface area contributed by atoms with Gasteiger partial charge in [0, 0.05) is 5.28 Å². The summed E-state index contributed by atoms with van der Waals surface area (Å²) in [6.07, 6.45) is -4.32. The Hall–Kier alpha value is -1.59. The van der Waals surface area contributed by atoms with Crippen LogP contribution in [-0.4, -0.2) is 7.11 Å². The highest BCUT2D eigenvalue weighted by Crippen LogP contribution is 2.30. The molecule has 0 aromatic heterocycles. The summed E-state index contributed by atoms with van der Waals surface area (Å²) >= 11 is 0. The van der Waals surface area contributed by atoms with Crippen LogP contribution >= 0.6 is 0 Å². The number of benzene rings is 1. The van der Waals surface area contributed by atoms with Crippen molar-refractivity contribution in [3.63, 3.8) is 0 Å². The predicted molar refractivity (Wildman–Crippen MR) is 43.0 cm³/mol. The third-order valence-electron chi connectivity index (χ3n) is 1.43. The van der Waals surface area contributed by atoms with Crippen molar-refractivity contribution >= 4 is 5.69 Å². The van der Waals surface area contributed by atoms with E-state index in [1.54, 1.807) is 0 Å². The SMILES string of the molecule is CON=Nc1ccc(C(F)(F)F)cc1. The van der Waals surface area contributed by atoms with Crippen molar-refractivity contribution in [2.45, 2.75) is 6.18 Å². The van der Waals surface area contributed by atoms with E-state index < -0.39 is 11.7 Å². The molecule has 0 N–H and O–H groups in total. The van der Waals surface area contributed by atoms with Gasteiger partial charge in [-0.05, 0) is 24.3 Å². The first-order chi connectivity index (χ1) is 6.54. The molecule has 0 bridgehead atoms. The molecule has 3 nitrogen and oxygen atoms in total. The maximum Gasteiger partial charge on any atom is 0.416 e. The Morgan fingerprint density at radius 2 is 1.71 bits per heavy atom. The van der Waals surface area contributed by atoms with E-state index in [2.05, 4.69) is 15.2 Å². The molecule has 14 heavy (non-hydrogen) atoms. The molecule has 1 rings (SSSR count). The molecule has 0 amide bonds. The Bertz CT molecular complexity index is 318. The fourth-order valence-corrected chi connectivity index (χ4v) is 0.805. The lowest BCUT2D eigenvalue weighted by Gasteiger charge is -2.05. The number of alkyl halides is 3. The van der Waals surface area contributed by atoms with Crippen LogP contribution in [0.4, 0.5) is 18.9 Å². The second-order valence-corrected chi connectivity index (χ2v) is 2.41. The summed E-state index contributed by atoms with van der Waals surface area (Å²) in [6, 6.07) is 4.30. The van der Waals surface area contributed by atoms with Crippen molar-refractivity contribution in [2.75, 3.05) is 7.11 Å². The topological polar surface area (TPSA) is 34.0 Å². The van der Waals surface area contributed by atoms with E-state index in [-0.39, 0.29) is 0 Å². The van der Waals surface area contributed by atoms with Crippen molar-refractivity contribution < 1.29 is 18.0 Å². The van der Waals surface area contributed by atoms with Gasteiger partial charge in [0.2, 0.25) is 0 Å². The quantitative estimate of drug-likeness (QED) is 0.537. The summed E-state index contributed by atoms with van der Waals surface area (Å²) in [5.41, 5.74) is -0.409. The zero-order valence-electron chi connectivity index (χ0n) is 7.25. The van der Waals surface area contributed by atoms with E-state index in [4.69, 9.17) is 0 Å². The largest absolute Gasteiger partial charge is 0.416 e. The molecule has 0 heterocycles. The highest BCUT2D eigenvalue weighted by Gasteiger charge is 2.29. The number of nitrogens with zero attached hydrogens (tertiary/aromatic N) is 2. The summed E-state index contributed by atoms with van der Waals surface area (Å²) in [5, 5.41) is 6.66. The Kier molecular flexibility index (Phi) is 3.06. The Morgan fingerprint density at radius 1 is 1.14 bits per heavy atom. The number of hydrogen-bond acceptors (Lipinski definition) is 3. The second kappa shape index (κ2) is 4.08. The zero-order valence-corrected chi connectivity index (χ0v) is 7.25. The fraction of sp³-hybridized carbons (Fsp3) is 0.250. The van der Waals surface area contributed by atoms with Crippen LogP contribution in [-0.2, 0) is 11.0 Å². The van der Waals surface area contributed by atoms with Gasteiger partial charge < -0.3 is 4.84 Å². The third-order valence-corrected chi connectivity index (χ3v) is 1.43. The molecule has 0 aliphatic rings. The lowest BCUT2D eigenvalue weighted by Crippen LogP contribution is -2.03. The Labute approximate surface area is 78.2 Å². The van der Waals surface area contributed by atoms with Crippen LogP contribution in [0.3, 0.4) is 0 Å². The van der Waals surface area contributed by atoms with Crippen LogP contribution < -0.4 is 0 Å². The van der Waals surface area contributed by atoms with Gasteiger partial charge in [-0.3, -0.25) is 0 Å². The monoisotopic (exact) mass is 204 g/mol. The van der Waals surface area contributed by atoms with Crippen LogP contribution in [0.2, 0.25) is 0 Å². The normalized spacial score (nSPS) is 12.0. The van der Waals surface area contributed by atoms with Gasteiger partial charge in [0.1, 0.15) is 7.11 Å². The molecule has 0 unspecified atom stereocenters. The van der Waals surface area contributed by atoms with Gasteiger partial charge in [0.15, 0.2) is 0 Å². The van der Waals surface area contributed by atoms with Gasteiger partial charge in [0.25, 0.3) is 0 Å². The summed E-state index contributed by atoms with van der Waals surface area (Å²) in [4.78, 5) is 4.28. The minimum Gasteiger partial charge on any atom is -0.383 e. The minimum absolute atomic E-state index is 0.305. The molecule has 1 aromatic carbocycles. The smallest absolute Gasteiger partial charge is 0.383 e. The maximum atomic E-state index is 12.1. The number of halogens is 3. The van der Waals surface area contributed by atoms with E-state index in [1.807, 2.05) is 0 Å². The van der Waals surface area contributed by atoms with Gasteiger partial charge in [-0.15, -0.1) is 5.11 Å². The van der Waals surface area contributed by atoms with Crippen molar-refractivity contribution in [3.05, 3.63) is 29.8 Å². The molecule has 0 radical (unpaired) electrons. The van der Waals surface area contributed by atoms with Crippen LogP contribution in [0.25, 0.3) is 0 Å². The summed E-state index contributed by atoms with van der Waals surface area (Å²) in [5.74, 6) is 0. The van der Waals surface area contributed by atoms with E-state index in [0.29, 0.717) is 5.69 Å². The molecule has 76 valence electrons. The molecule has 0 aliphatic heterocycles. The molecule has 0 saturated carbocycles. The highest BCUT2D eigenvalue weighted by atomic mass is 19.4. The number of rotatable bonds is 2. The average molecular weight is 204 g/mol. The molecular weight excluding hydrogens is 197 g/mol. The molecule has 0 aliphatic carbocycles. The van der Waals surface area contributed by atoms with Crippen LogP contribution in [0.1, 0.15) is 5.56 Å². The highest BCUT2D eigenvalue weighted by molar-refractivity contribution is 5.38. The molecule has 0 saturated heterocycles. The van der Waals surface area contributed by atoms with Crippen molar-refractivity contribution in [1.82, 2.24) is 0 Å². The zero-order chi connectivity index (χ0) is 10.6. The minimum atomic E-state index is -4.32. The van der Waals surface area contributed by atoms with Gasteiger partial charge in [-0.2, -0.15) is 13.2 Å². The molecule has 0 atom stereocenters. The van der Waals surface area contributed by atoms with E-state index in [1.165, 1.54) is 19.2 Å². The lowest BCUT2D eigenvalue weighted by atomic mass is 10.2. The lowest BCUT2D eigenvalue weighted by molar-refractivity contribution is -0.137. The molecule has 0 spiro atoms. The third kappa shape index (κ3) is 2.72. The molecule has 0 fully saturated rings. The maximum absolute atomic E-state index is 12.1. The van der Waals surface area contributed by atoms with Crippen LogP contribution in [0.5, 0.6) is 0 Å². The second-order valence-electron chi connectivity index (χ2n) is 2.41. The van der Waals surface area contributed by atoms with E-state index in [0.717, 1.165) is 12.1 Å². The summed E-state index contributed by atoms with van der Waals surface area (Å²) in [7, 11) is 1.30. The predicted octanol–water partition coefficient (Wildman–Crippen LogP) is 3.35. The Morgan fingerprint density at radius 3 is 2.14 bits per heavy atom. The van der Waals surface area contributed by atoms with Crippen LogP contribution in [0, 0.1) is 0 Å². The average Bonchev–Trinajstić information content (AvgIpc) is 2.14. The van der Waals surface area contributed by atoms with Gasteiger partial charge in [-0.1, -0.05) is 0 Å². The van der Waals surface area contributed by atoms with Crippen molar-refractivity contribution in [2.24, 2.45) is 10.4 Å². The standard InChI is InChI=1S/C8H7F3N2O/c1-14-13-12-7-4-2-6(3-5-7)8(9,10)11/h2-5H,1H3. The van der Waals surface area contributed by atoms with E-state index >= 15 is 0 Å². The number of hydrogen-bond donors (Lipinski definition) is 0. The molecular formula is C8H7F3N2O. The van der Waals surface area contributed by atoms with Gasteiger partial charge >= 0.3 is 6.18 Å². The van der Waals surface area contributed by atoms with Crippen molar-refractivity contribution in [3.8, 4) is 0 Å². The molecule has 1 aromatic rings. The Balaban J connectivity index is 2.84. The first-order valence-corrected chi connectivity index (χ1v) is 3.65. The van der Waals surface area contributed by atoms with Gasteiger partial charge in [0.05, 0.1) is 11.3 Å². The van der Waals surface area contributed by atoms with Gasteiger partial charge in [-0.25, -0.2) is 0 Å². The van der Waals surface area contributed by atoms with Crippen LogP contribution in [0.15, 0.2) is 34.7 Å². The van der Waals surface area contributed by atoms with E-state index in [9.17, 15) is 13.2 Å². The first-order valence-electron chi connectivity index (χ1n) is 3.65. The van der Waals surface area contributed by atoms with Crippen molar-refractivity contribution in [1.29, 1.82) is 0 Å². The summed E-state index contributed by atoms with van der Waals surface area (Å²) < 4.78 is 36.3. The first kappa shape index (κ1) is 10.5. The fourth-order valence-electron chi connectivity index (χ4n) is 0.805.